The van der Waals surface area contributed by atoms with Crippen molar-refractivity contribution in [3.63, 3.8) is 0 Å². The predicted molar refractivity (Wildman–Crippen MR) is 107 cm³/mol. The average Bonchev–Trinajstić information content (AvgIpc) is 3.17. The highest BCUT2D eigenvalue weighted by atomic mass is 14.9. The normalized spacial score (nSPS) is 13.2. The molecule has 0 fully saturated rings. The highest BCUT2D eigenvalue weighted by Gasteiger charge is 2.16. The number of hydrogen-bond acceptors (Lipinski definition) is 0. The summed E-state index contributed by atoms with van der Waals surface area (Å²) in [5.41, 5.74) is 6.90. The number of H-pyrrole nitrogens is 1. The molecule has 2 nitrogen and oxygen atoms in total. The molecule has 0 aliphatic rings. The van der Waals surface area contributed by atoms with E-state index in [1.165, 1.54) is 38.5 Å². The number of benzene rings is 2. The number of fused-ring (bicyclic) bond motifs is 2. The zero-order valence-electron chi connectivity index (χ0n) is 15.5. The molecule has 0 spiro atoms. The molecule has 0 radical (unpaired) electrons. The summed E-state index contributed by atoms with van der Waals surface area (Å²) < 4.78 is 2.31. The molecule has 128 valence electrons. The molecule has 0 aliphatic carbocycles. The maximum absolute atomic E-state index is 3.42. The number of rotatable bonds is 4. The lowest BCUT2D eigenvalue weighted by atomic mass is 9.91. The van der Waals surface area contributed by atoms with Crippen LogP contribution in [0.25, 0.3) is 21.8 Å². The van der Waals surface area contributed by atoms with Crippen LogP contribution < -0.4 is 0 Å². The highest BCUT2D eigenvalue weighted by Crippen LogP contribution is 2.33. The second kappa shape index (κ2) is 6.11. The Morgan fingerprint density at radius 3 is 2.48 bits per heavy atom. The molecule has 2 heteroatoms. The number of nitrogens with zero attached hydrogens (tertiary/aromatic N) is 1. The van der Waals surface area contributed by atoms with Gasteiger partial charge >= 0.3 is 0 Å². The molecular formula is C23H26N2. The van der Waals surface area contributed by atoms with Gasteiger partial charge in [-0.05, 0) is 41.0 Å². The summed E-state index contributed by atoms with van der Waals surface area (Å²) in [4.78, 5) is 3.42. The lowest BCUT2D eigenvalue weighted by Crippen LogP contribution is -2.00. The van der Waals surface area contributed by atoms with Gasteiger partial charge in [0, 0.05) is 35.7 Å². The van der Waals surface area contributed by atoms with Crippen LogP contribution in [0.2, 0.25) is 0 Å². The van der Waals surface area contributed by atoms with Gasteiger partial charge in [0.15, 0.2) is 0 Å². The van der Waals surface area contributed by atoms with Crippen molar-refractivity contribution in [2.24, 2.45) is 7.05 Å². The van der Waals surface area contributed by atoms with Gasteiger partial charge in [-0.3, -0.25) is 0 Å². The van der Waals surface area contributed by atoms with Gasteiger partial charge in [0.2, 0.25) is 0 Å². The Hall–Kier alpha value is -2.48. The van der Waals surface area contributed by atoms with Gasteiger partial charge < -0.3 is 9.55 Å². The minimum absolute atomic E-state index is 0.471. The number of aryl methyl sites for hydroxylation is 1. The fourth-order valence-electron chi connectivity index (χ4n) is 4.15. The van der Waals surface area contributed by atoms with Crippen molar-refractivity contribution < 1.29 is 0 Å². The summed E-state index contributed by atoms with van der Waals surface area (Å²) in [6.45, 7) is 6.88. The van der Waals surface area contributed by atoms with E-state index in [-0.39, 0.29) is 0 Å². The van der Waals surface area contributed by atoms with Crippen LogP contribution in [0.5, 0.6) is 0 Å². The minimum Gasteiger partial charge on any atom is -0.361 e. The molecule has 0 saturated carbocycles. The lowest BCUT2D eigenvalue weighted by Gasteiger charge is -2.13. The number of hydrogen-bond donors (Lipinski definition) is 1. The summed E-state index contributed by atoms with van der Waals surface area (Å²) >= 11 is 0. The van der Waals surface area contributed by atoms with Gasteiger partial charge in [-0.2, -0.15) is 0 Å². The van der Waals surface area contributed by atoms with Gasteiger partial charge in [0.05, 0.1) is 5.52 Å². The Labute approximate surface area is 149 Å². The molecule has 4 rings (SSSR count). The summed E-state index contributed by atoms with van der Waals surface area (Å²) in [5, 5.41) is 2.75. The molecule has 0 saturated heterocycles. The molecule has 1 N–H and O–H groups in total. The van der Waals surface area contributed by atoms with E-state index in [0.29, 0.717) is 11.8 Å². The Morgan fingerprint density at radius 1 is 0.920 bits per heavy atom. The van der Waals surface area contributed by atoms with Gasteiger partial charge in [0.25, 0.3) is 0 Å². The van der Waals surface area contributed by atoms with Gasteiger partial charge in [-0.25, -0.2) is 0 Å². The Morgan fingerprint density at radius 2 is 1.68 bits per heavy atom. The summed E-state index contributed by atoms with van der Waals surface area (Å²) in [7, 11) is 2.17. The number of aromatic amines is 1. The molecule has 0 bridgehead atoms. The third kappa shape index (κ3) is 2.66. The van der Waals surface area contributed by atoms with E-state index in [1.807, 2.05) is 0 Å². The zero-order valence-corrected chi connectivity index (χ0v) is 15.5. The number of aromatic nitrogens is 2. The van der Waals surface area contributed by atoms with Gasteiger partial charge in [-0.15, -0.1) is 0 Å². The largest absolute Gasteiger partial charge is 0.361 e. The van der Waals surface area contributed by atoms with Crippen LogP contribution in [0.3, 0.4) is 0 Å². The van der Waals surface area contributed by atoms with Crippen LogP contribution >= 0.6 is 0 Å². The van der Waals surface area contributed by atoms with Crippen molar-refractivity contribution in [1.82, 2.24) is 9.55 Å². The lowest BCUT2D eigenvalue weighted by molar-refractivity contribution is 0.765. The van der Waals surface area contributed by atoms with Crippen molar-refractivity contribution in [1.29, 1.82) is 0 Å². The Bertz CT molecular complexity index is 1030. The zero-order chi connectivity index (χ0) is 17.6. The van der Waals surface area contributed by atoms with Crippen LogP contribution in [0.4, 0.5) is 0 Å². The third-order valence-corrected chi connectivity index (χ3v) is 5.42. The molecule has 4 aromatic rings. The Balaban J connectivity index is 1.75. The Kier molecular flexibility index (Phi) is 3.91. The molecule has 2 aromatic carbocycles. The second-order valence-electron chi connectivity index (χ2n) is 7.56. The highest BCUT2D eigenvalue weighted by molar-refractivity contribution is 5.88. The van der Waals surface area contributed by atoms with Crippen LogP contribution in [-0.2, 0) is 13.5 Å². The van der Waals surface area contributed by atoms with Crippen molar-refractivity contribution in [2.75, 3.05) is 0 Å². The monoisotopic (exact) mass is 330 g/mol. The molecule has 2 heterocycles. The predicted octanol–water partition coefficient (Wildman–Crippen LogP) is 6.13. The molecule has 25 heavy (non-hydrogen) atoms. The molecule has 0 aliphatic heterocycles. The van der Waals surface area contributed by atoms with Crippen molar-refractivity contribution in [3.05, 3.63) is 71.5 Å². The van der Waals surface area contributed by atoms with E-state index in [2.05, 4.69) is 92.2 Å². The van der Waals surface area contributed by atoms with Gasteiger partial charge in [0.1, 0.15) is 0 Å². The van der Waals surface area contributed by atoms with Crippen LogP contribution in [0.15, 0.2) is 54.9 Å². The third-order valence-electron chi connectivity index (χ3n) is 5.42. The summed E-state index contributed by atoms with van der Waals surface area (Å²) in [5.74, 6) is 1.02. The SMILES string of the molecule is CC(C)c1cn(C)c2c(CC(C)c3c[nH]c4ccccc34)cccc12. The fraction of sp³-hybridized carbons (Fsp3) is 0.304. The van der Waals surface area contributed by atoms with Crippen LogP contribution in [0, 0.1) is 0 Å². The van der Waals surface area contributed by atoms with E-state index in [1.54, 1.807) is 0 Å². The quantitative estimate of drug-likeness (QED) is 0.465. The molecule has 1 atom stereocenters. The average molecular weight is 330 g/mol. The minimum atomic E-state index is 0.471. The molecule has 0 amide bonds. The second-order valence-corrected chi connectivity index (χ2v) is 7.56. The molecule has 1 unspecified atom stereocenters. The maximum Gasteiger partial charge on any atom is 0.0513 e. The molecule has 2 aromatic heterocycles. The summed E-state index contributed by atoms with van der Waals surface area (Å²) in [6, 6.07) is 15.4. The first-order valence-electron chi connectivity index (χ1n) is 9.19. The molecular weight excluding hydrogens is 304 g/mol. The summed E-state index contributed by atoms with van der Waals surface area (Å²) in [6.07, 6.45) is 5.53. The smallest absolute Gasteiger partial charge is 0.0513 e. The standard InChI is InChI=1S/C23H26N2/c1-15(2)21-14-25(4)23-17(8-7-10-19(21)23)12-16(3)20-13-24-22-11-6-5-9-18(20)22/h5-11,13-16,24H,12H2,1-4H3. The van der Waals surface area contributed by atoms with Crippen molar-refractivity contribution >= 4 is 21.8 Å². The van der Waals surface area contributed by atoms with Crippen molar-refractivity contribution in [2.45, 2.75) is 39.0 Å². The van der Waals surface area contributed by atoms with E-state index < -0.39 is 0 Å². The first-order valence-corrected chi connectivity index (χ1v) is 9.19. The maximum atomic E-state index is 3.42. The van der Waals surface area contributed by atoms with E-state index in [9.17, 15) is 0 Å². The topological polar surface area (TPSA) is 20.7 Å². The number of para-hydroxylation sites is 2. The number of nitrogens with one attached hydrogen (secondary N) is 1. The first kappa shape index (κ1) is 16.0. The van der Waals surface area contributed by atoms with Crippen LogP contribution in [0.1, 0.15) is 49.3 Å². The van der Waals surface area contributed by atoms with E-state index in [0.717, 1.165) is 6.42 Å². The van der Waals surface area contributed by atoms with Crippen LogP contribution in [-0.4, -0.2) is 9.55 Å². The first-order chi connectivity index (χ1) is 12.1. The van der Waals surface area contributed by atoms with E-state index >= 15 is 0 Å². The fourth-order valence-corrected chi connectivity index (χ4v) is 4.15. The van der Waals surface area contributed by atoms with Crippen molar-refractivity contribution in [3.8, 4) is 0 Å². The van der Waals surface area contributed by atoms with Gasteiger partial charge in [-0.1, -0.05) is 57.2 Å². The van der Waals surface area contributed by atoms with E-state index in [4.69, 9.17) is 0 Å².